The summed E-state index contributed by atoms with van der Waals surface area (Å²) in [4.78, 5) is 6.87. The van der Waals surface area contributed by atoms with Crippen molar-refractivity contribution in [2.45, 2.75) is 52.2 Å². The normalized spacial score (nSPS) is 15.9. The molecule has 0 aliphatic carbocycles. The van der Waals surface area contributed by atoms with Gasteiger partial charge in [-0.2, -0.15) is 0 Å². The lowest BCUT2D eigenvalue weighted by molar-refractivity contribution is 0.198. The van der Waals surface area contributed by atoms with E-state index in [0.29, 0.717) is 12.6 Å². The van der Waals surface area contributed by atoms with Gasteiger partial charge in [-0.05, 0) is 31.7 Å². The smallest absolute Gasteiger partial charge is 0.191 e. The summed E-state index contributed by atoms with van der Waals surface area (Å²) in [6.45, 7) is 8.06. The van der Waals surface area contributed by atoms with Gasteiger partial charge < -0.3 is 15.2 Å². The van der Waals surface area contributed by atoms with E-state index in [9.17, 15) is 0 Å². The maximum Gasteiger partial charge on any atom is 0.191 e. The van der Waals surface area contributed by atoms with Gasteiger partial charge in [-0.3, -0.25) is 9.89 Å². The Morgan fingerprint density at radius 2 is 2.07 bits per heavy atom. The standard InChI is InChI=1S/C21H31N5O.HI/c1-4-18-13-20(27-25-18)14-23-21(22-3)24-19-8-10-26(11-9-19)15-17-7-5-6-16(2)12-17;/h5-7,12-13,19H,4,8-11,14-15H2,1-3H3,(H2,22,23,24);1H. The molecule has 0 spiro atoms. The van der Waals surface area contributed by atoms with Crippen LogP contribution in [0, 0.1) is 6.92 Å². The van der Waals surface area contributed by atoms with Crippen molar-refractivity contribution in [2.75, 3.05) is 20.1 Å². The SMILES string of the molecule is CCc1cc(CNC(=NC)NC2CCN(Cc3cccc(C)c3)CC2)on1.I. The molecule has 6 nitrogen and oxygen atoms in total. The highest BCUT2D eigenvalue weighted by Crippen LogP contribution is 2.15. The highest BCUT2D eigenvalue weighted by molar-refractivity contribution is 14.0. The molecular formula is C21H32IN5O. The predicted octanol–water partition coefficient (Wildman–Crippen LogP) is 3.49. The minimum atomic E-state index is 0. The number of nitrogens with zero attached hydrogens (tertiary/aromatic N) is 3. The largest absolute Gasteiger partial charge is 0.359 e. The summed E-state index contributed by atoms with van der Waals surface area (Å²) >= 11 is 0. The van der Waals surface area contributed by atoms with Gasteiger partial charge in [0.25, 0.3) is 0 Å². The van der Waals surface area contributed by atoms with Crippen LogP contribution >= 0.6 is 24.0 Å². The second-order valence-electron chi connectivity index (χ2n) is 7.25. The first kappa shape index (κ1) is 22.7. The monoisotopic (exact) mass is 497 g/mol. The molecule has 1 aromatic heterocycles. The number of aromatic nitrogens is 1. The van der Waals surface area contributed by atoms with Crippen molar-refractivity contribution >= 4 is 29.9 Å². The summed E-state index contributed by atoms with van der Waals surface area (Å²) in [5.41, 5.74) is 3.71. The van der Waals surface area contributed by atoms with Crippen molar-refractivity contribution in [1.29, 1.82) is 0 Å². The lowest BCUT2D eigenvalue weighted by Gasteiger charge is -2.33. The molecule has 28 heavy (non-hydrogen) atoms. The van der Waals surface area contributed by atoms with E-state index in [1.807, 2.05) is 6.07 Å². The molecule has 0 saturated carbocycles. The molecule has 2 heterocycles. The zero-order chi connectivity index (χ0) is 19.1. The summed E-state index contributed by atoms with van der Waals surface area (Å²) in [5.74, 6) is 1.66. The summed E-state index contributed by atoms with van der Waals surface area (Å²) in [7, 11) is 1.81. The molecule has 7 heteroatoms. The van der Waals surface area contributed by atoms with Crippen LogP contribution in [-0.2, 0) is 19.5 Å². The highest BCUT2D eigenvalue weighted by Gasteiger charge is 2.20. The van der Waals surface area contributed by atoms with Crippen LogP contribution in [0.3, 0.4) is 0 Å². The van der Waals surface area contributed by atoms with Gasteiger partial charge in [0.05, 0.1) is 12.2 Å². The third-order valence-electron chi connectivity index (χ3n) is 5.04. The van der Waals surface area contributed by atoms with Crippen molar-refractivity contribution in [3.63, 3.8) is 0 Å². The molecule has 0 radical (unpaired) electrons. The molecule has 2 N–H and O–H groups in total. The van der Waals surface area contributed by atoms with Crippen LogP contribution in [0.2, 0.25) is 0 Å². The van der Waals surface area contributed by atoms with Crippen molar-refractivity contribution in [3.8, 4) is 0 Å². The molecule has 2 aromatic rings. The van der Waals surface area contributed by atoms with Crippen molar-refractivity contribution in [3.05, 3.63) is 52.9 Å². The van der Waals surface area contributed by atoms with Gasteiger partial charge >= 0.3 is 0 Å². The Morgan fingerprint density at radius 3 is 2.71 bits per heavy atom. The van der Waals surface area contributed by atoms with Crippen LogP contribution in [0.1, 0.15) is 42.3 Å². The summed E-state index contributed by atoms with van der Waals surface area (Å²) in [6.07, 6.45) is 3.13. The molecule has 154 valence electrons. The highest BCUT2D eigenvalue weighted by atomic mass is 127. The van der Waals surface area contributed by atoms with Gasteiger partial charge in [-0.15, -0.1) is 24.0 Å². The molecule has 1 aliphatic rings. The fraction of sp³-hybridized carbons (Fsp3) is 0.524. The minimum Gasteiger partial charge on any atom is -0.359 e. The Labute approximate surface area is 185 Å². The maximum absolute atomic E-state index is 5.32. The van der Waals surface area contributed by atoms with Crippen molar-refractivity contribution < 1.29 is 4.52 Å². The number of likely N-dealkylation sites (tertiary alicyclic amines) is 1. The average molecular weight is 497 g/mol. The van der Waals surface area contributed by atoms with E-state index in [0.717, 1.165) is 56.3 Å². The molecule has 1 saturated heterocycles. The topological polar surface area (TPSA) is 65.7 Å². The van der Waals surface area contributed by atoms with E-state index < -0.39 is 0 Å². The Kier molecular flexibility index (Phi) is 9.24. The van der Waals surface area contributed by atoms with Gasteiger partial charge in [-0.1, -0.05) is 41.9 Å². The van der Waals surface area contributed by atoms with Crippen LogP contribution in [0.5, 0.6) is 0 Å². The number of aryl methyl sites for hydroxylation is 2. The zero-order valence-electron chi connectivity index (χ0n) is 17.1. The number of halogens is 1. The number of benzene rings is 1. The number of rotatable bonds is 6. The summed E-state index contributed by atoms with van der Waals surface area (Å²) in [5, 5.41) is 10.9. The minimum absolute atomic E-state index is 0. The molecule has 0 atom stereocenters. The molecule has 1 aliphatic heterocycles. The fourth-order valence-corrected chi connectivity index (χ4v) is 3.47. The zero-order valence-corrected chi connectivity index (χ0v) is 19.4. The molecule has 3 rings (SSSR count). The van der Waals surface area contributed by atoms with Crippen molar-refractivity contribution in [1.82, 2.24) is 20.7 Å². The first-order chi connectivity index (χ1) is 13.2. The van der Waals surface area contributed by atoms with Crippen LogP contribution in [-0.4, -0.2) is 42.2 Å². The quantitative estimate of drug-likeness (QED) is 0.364. The molecular weight excluding hydrogens is 465 g/mol. The van der Waals surface area contributed by atoms with E-state index in [1.54, 1.807) is 7.05 Å². The molecule has 0 amide bonds. The Balaban J connectivity index is 0.00000280. The third-order valence-corrected chi connectivity index (χ3v) is 5.04. The first-order valence-corrected chi connectivity index (χ1v) is 9.86. The number of aliphatic imine (C=N–C) groups is 1. The van der Waals surface area contributed by atoms with E-state index in [2.05, 4.69) is 63.8 Å². The summed E-state index contributed by atoms with van der Waals surface area (Å²) < 4.78 is 5.32. The predicted molar refractivity (Wildman–Crippen MR) is 124 cm³/mol. The maximum atomic E-state index is 5.32. The van der Waals surface area contributed by atoms with Gasteiger partial charge in [0.1, 0.15) is 0 Å². The van der Waals surface area contributed by atoms with Crippen LogP contribution in [0.15, 0.2) is 39.8 Å². The van der Waals surface area contributed by atoms with Crippen LogP contribution in [0.25, 0.3) is 0 Å². The number of nitrogens with one attached hydrogen (secondary N) is 2. The van der Waals surface area contributed by atoms with Crippen LogP contribution < -0.4 is 10.6 Å². The second-order valence-corrected chi connectivity index (χ2v) is 7.25. The molecule has 0 bridgehead atoms. The molecule has 1 fully saturated rings. The third kappa shape index (κ3) is 6.77. The number of hydrogen-bond donors (Lipinski definition) is 2. The number of guanidine groups is 1. The summed E-state index contributed by atoms with van der Waals surface area (Å²) in [6, 6.07) is 11.2. The van der Waals surface area contributed by atoms with Gasteiger partial charge in [0.15, 0.2) is 11.7 Å². The van der Waals surface area contributed by atoms with E-state index >= 15 is 0 Å². The number of piperidine rings is 1. The van der Waals surface area contributed by atoms with Crippen LogP contribution in [0.4, 0.5) is 0 Å². The Bertz CT molecular complexity index is 753. The lowest BCUT2D eigenvalue weighted by Crippen LogP contribution is -2.48. The Hall–Kier alpha value is -1.61. The number of hydrogen-bond acceptors (Lipinski definition) is 4. The van der Waals surface area contributed by atoms with Gasteiger partial charge in [0.2, 0.25) is 0 Å². The molecule has 0 unspecified atom stereocenters. The van der Waals surface area contributed by atoms with Gasteiger partial charge in [-0.25, -0.2) is 0 Å². The molecule has 1 aromatic carbocycles. The van der Waals surface area contributed by atoms with E-state index in [1.165, 1.54) is 11.1 Å². The average Bonchev–Trinajstić information content (AvgIpc) is 3.14. The first-order valence-electron chi connectivity index (χ1n) is 9.86. The van der Waals surface area contributed by atoms with Crippen molar-refractivity contribution in [2.24, 2.45) is 4.99 Å². The lowest BCUT2D eigenvalue weighted by atomic mass is 10.0. The second kappa shape index (κ2) is 11.4. The van der Waals surface area contributed by atoms with E-state index in [4.69, 9.17) is 4.52 Å². The van der Waals surface area contributed by atoms with Gasteiger partial charge in [0, 0.05) is 38.8 Å². The Morgan fingerprint density at radius 1 is 1.29 bits per heavy atom. The van der Waals surface area contributed by atoms with E-state index in [-0.39, 0.29) is 24.0 Å². The fourth-order valence-electron chi connectivity index (χ4n) is 3.47.